The summed E-state index contributed by atoms with van der Waals surface area (Å²) in [6.07, 6.45) is 0. The Balaban J connectivity index is 2.74. The van der Waals surface area contributed by atoms with Crippen molar-refractivity contribution >= 4 is 11.9 Å². The SMILES string of the molecule is CC(=O)Nn1nnnc1N. The van der Waals surface area contributed by atoms with Crippen LogP contribution in [0.5, 0.6) is 0 Å². The summed E-state index contributed by atoms with van der Waals surface area (Å²) in [6.45, 7) is 1.33. The maximum atomic E-state index is 10.4. The normalized spacial score (nSPS) is 9.30. The zero-order valence-corrected chi connectivity index (χ0v) is 5.27. The molecule has 1 rings (SSSR count). The lowest BCUT2D eigenvalue weighted by Gasteiger charge is -1.97. The number of carbonyl (C=O) groups excluding carboxylic acids is 1. The maximum Gasteiger partial charge on any atom is 0.260 e. The van der Waals surface area contributed by atoms with Crippen molar-refractivity contribution in [2.75, 3.05) is 11.2 Å². The summed E-state index contributed by atoms with van der Waals surface area (Å²) in [5.74, 6) is -0.228. The minimum absolute atomic E-state index is 0.0511. The molecule has 7 heteroatoms. The molecule has 0 aliphatic rings. The van der Waals surface area contributed by atoms with Crippen molar-refractivity contribution in [3.05, 3.63) is 0 Å². The molecule has 0 saturated heterocycles. The molecule has 1 aromatic rings. The van der Waals surface area contributed by atoms with Crippen LogP contribution >= 0.6 is 0 Å². The van der Waals surface area contributed by atoms with Crippen molar-refractivity contribution in [1.29, 1.82) is 0 Å². The van der Waals surface area contributed by atoms with Gasteiger partial charge >= 0.3 is 0 Å². The minimum atomic E-state index is -0.279. The van der Waals surface area contributed by atoms with Gasteiger partial charge in [-0.1, -0.05) is 5.10 Å². The van der Waals surface area contributed by atoms with Gasteiger partial charge in [0, 0.05) is 6.92 Å². The molecular formula is C3H6N6O. The summed E-state index contributed by atoms with van der Waals surface area (Å²) in [6, 6.07) is 0. The largest absolute Gasteiger partial charge is 0.365 e. The monoisotopic (exact) mass is 142 g/mol. The minimum Gasteiger partial charge on any atom is -0.365 e. The fraction of sp³-hybridized carbons (Fsp3) is 0.333. The number of amides is 1. The summed E-state index contributed by atoms with van der Waals surface area (Å²) in [7, 11) is 0. The topological polar surface area (TPSA) is 98.7 Å². The first-order valence-corrected chi connectivity index (χ1v) is 2.51. The van der Waals surface area contributed by atoms with E-state index in [2.05, 4.69) is 21.0 Å². The van der Waals surface area contributed by atoms with Crippen molar-refractivity contribution in [1.82, 2.24) is 20.3 Å². The van der Waals surface area contributed by atoms with Crippen molar-refractivity contribution < 1.29 is 4.79 Å². The van der Waals surface area contributed by atoms with Gasteiger partial charge < -0.3 is 5.73 Å². The van der Waals surface area contributed by atoms with Gasteiger partial charge in [-0.2, -0.15) is 0 Å². The second-order valence-corrected chi connectivity index (χ2v) is 1.62. The molecule has 10 heavy (non-hydrogen) atoms. The second-order valence-electron chi connectivity index (χ2n) is 1.62. The van der Waals surface area contributed by atoms with Crippen LogP contribution in [0.25, 0.3) is 0 Å². The Kier molecular flexibility index (Phi) is 1.48. The van der Waals surface area contributed by atoms with Crippen LogP contribution in [-0.2, 0) is 4.79 Å². The molecule has 1 heterocycles. The Hall–Kier alpha value is -1.66. The molecule has 7 nitrogen and oxygen atoms in total. The van der Waals surface area contributed by atoms with Crippen molar-refractivity contribution in [3.63, 3.8) is 0 Å². The fourth-order valence-electron chi connectivity index (χ4n) is 0.423. The fourth-order valence-corrected chi connectivity index (χ4v) is 0.423. The quantitative estimate of drug-likeness (QED) is 0.489. The molecule has 0 saturated carbocycles. The Labute approximate surface area is 56.2 Å². The molecule has 0 spiro atoms. The van der Waals surface area contributed by atoms with E-state index in [9.17, 15) is 4.79 Å². The van der Waals surface area contributed by atoms with Crippen molar-refractivity contribution in [2.24, 2.45) is 0 Å². The van der Waals surface area contributed by atoms with Gasteiger partial charge in [0.25, 0.3) is 5.95 Å². The van der Waals surface area contributed by atoms with Crippen molar-refractivity contribution in [3.8, 4) is 0 Å². The molecule has 0 aliphatic carbocycles. The molecule has 0 aliphatic heterocycles. The number of hydrogen-bond donors (Lipinski definition) is 2. The second kappa shape index (κ2) is 2.29. The van der Waals surface area contributed by atoms with Crippen LogP contribution in [-0.4, -0.2) is 26.2 Å². The van der Waals surface area contributed by atoms with Crippen LogP contribution in [0.3, 0.4) is 0 Å². The number of carbonyl (C=O) groups is 1. The highest BCUT2D eigenvalue weighted by atomic mass is 16.2. The van der Waals surface area contributed by atoms with Crippen LogP contribution in [0.4, 0.5) is 5.95 Å². The molecule has 0 fully saturated rings. The van der Waals surface area contributed by atoms with Crippen LogP contribution < -0.4 is 11.2 Å². The van der Waals surface area contributed by atoms with Gasteiger partial charge in [-0.05, 0) is 10.4 Å². The van der Waals surface area contributed by atoms with Gasteiger partial charge in [-0.15, -0.1) is 4.79 Å². The number of aromatic nitrogens is 4. The summed E-state index contributed by atoms with van der Waals surface area (Å²) >= 11 is 0. The lowest BCUT2D eigenvalue weighted by Crippen LogP contribution is -2.22. The highest BCUT2D eigenvalue weighted by Gasteiger charge is 1.99. The van der Waals surface area contributed by atoms with Gasteiger partial charge in [0.1, 0.15) is 0 Å². The maximum absolute atomic E-state index is 10.4. The van der Waals surface area contributed by atoms with Gasteiger partial charge in [-0.3, -0.25) is 4.79 Å². The average molecular weight is 142 g/mol. The number of hydrogen-bond acceptors (Lipinski definition) is 5. The smallest absolute Gasteiger partial charge is 0.260 e. The lowest BCUT2D eigenvalue weighted by molar-refractivity contribution is -0.115. The van der Waals surface area contributed by atoms with E-state index in [1.165, 1.54) is 6.92 Å². The summed E-state index contributed by atoms with van der Waals surface area (Å²) in [5, 5.41) is 9.89. The molecule has 1 amide bonds. The van der Waals surface area contributed by atoms with Crippen molar-refractivity contribution in [2.45, 2.75) is 6.92 Å². The van der Waals surface area contributed by atoms with Gasteiger partial charge in [-0.25, -0.2) is 5.43 Å². The van der Waals surface area contributed by atoms with Gasteiger partial charge in [0.05, 0.1) is 0 Å². The van der Waals surface area contributed by atoms with E-state index in [1.54, 1.807) is 0 Å². The standard InChI is InChI=1S/C3H6N6O/c1-2(10)6-9-3(4)5-7-8-9/h1H3,(H,6,10)(H2,4,5,8). The Morgan fingerprint density at radius 3 is 2.90 bits per heavy atom. The summed E-state index contributed by atoms with van der Waals surface area (Å²) < 4.78 is 0. The highest BCUT2D eigenvalue weighted by molar-refractivity contribution is 5.81. The van der Waals surface area contributed by atoms with Crippen LogP contribution in [0.15, 0.2) is 0 Å². The number of nitrogens with two attached hydrogens (primary N) is 1. The predicted octanol–water partition coefficient (Wildman–Crippen LogP) is -1.65. The number of rotatable bonds is 1. The van der Waals surface area contributed by atoms with Crippen LogP contribution in [0.1, 0.15) is 6.92 Å². The molecule has 0 bridgehead atoms. The van der Waals surface area contributed by atoms with E-state index in [0.717, 1.165) is 4.79 Å². The Morgan fingerprint density at radius 1 is 1.80 bits per heavy atom. The zero-order chi connectivity index (χ0) is 7.56. The zero-order valence-electron chi connectivity index (χ0n) is 5.27. The molecule has 0 atom stereocenters. The summed E-state index contributed by atoms with van der Waals surface area (Å²) in [5.41, 5.74) is 7.47. The number of nitrogen functional groups attached to an aromatic ring is 1. The number of nitrogens with zero attached hydrogens (tertiary/aromatic N) is 4. The molecule has 0 unspecified atom stereocenters. The molecule has 3 N–H and O–H groups in total. The van der Waals surface area contributed by atoms with E-state index in [-0.39, 0.29) is 11.9 Å². The molecule has 1 aromatic heterocycles. The van der Waals surface area contributed by atoms with Crippen LogP contribution in [0.2, 0.25) is 0 Å². The molecule has 0 radical (unpaired) electrons. The highest BCUT2D eigenvalue weighted by Crippen LogP contribution is 1.85. The van der Waals surface area contributed by atoms with Gasteiger partial charge in [0.15, 0.2) is 0 Å². The number of anilines is 1. The molecule has 54 valence electrons. The lowest BCUT2D eigenvalue weighted by atomic mass is 10.8. The average Bonchev–Trinajstić information content (AvgIpc) is 2.15. The molecule has 0 aromatic carbocycles. The third kappa shape index (κ3) is 1.19. The van der Waals surface area contributed by atoms with E-state index in [1.807, 2.05) is 0 Å². The first-order valence-electron chi connectivity index (χ1n) is 2.51. The van der Waals surface area contributed by atoms with E-state index in [0.29, 0.717) is 0 Å². The van der Waals surface area contributed by atoms with E-state index < -0.39 is 0 Å². The first kappa shape index (κ1) is 6.46. The predicted molar refractivity (Wildman–Crippen MR) is 32.3 cm³/mol. The first-order chi connectivity index (χ1) is 4.70. The Bertz CT molecular complexity index is 241. The molecular weight excluding hydrogens is 136 g/mol. The number of nitrogens with one attached hydrogen (secondary N) is 1. The van der Waals surface area contributed by atoms with E-state index in [4.69, 9.17) is 5.73 Å². The third-order valence-corrected chi connectivity index (χ3v) is 0.757. The third-order valence-electron chi connectivity index (χ3n) is 0.757. The van der Waals surface area contributed by atoms with E-state index >= 15 is 0 Å². The number of tetrazole rings is 1. The van der Waals surface area contributed by atoms with Crippen LogP contribution in [0, 0.1) is 0 Å². The Morgan fingerprint density at radius 2 is 2.50 bits per heavy atom. The summed E-state index contributed by atoms with van der Waals surface area (Å²) in [4.78, 5) is 11.4. The van der Waals surface area contributed by atoms with Gasteiger partial charge in [0.2, 0.25) is 5.91 Å².